The quantitative estimate of drug-likeness (QED) is 0.902. The number of tetrazole rings is 1. The highest BCUT2D eigenvalue weighted by atomic mass is 16.5. The lowest BCUT2D eigenvalue weighted by Gasteiger charge is -2.32. The Balaban J connectivity index is 1.93. The monoisotopic (exact) mass is 317 g/mol. The van der Waals surface area contributed by atoms with Gasteiger partial charge in [-0.25, -0.2) is 0 Å². The van der Waals surface area contributed by atoms with Gasteiger partial charge in [-0.3, -0.25) is 4.90 Å². The van der Waals surface area contributed by atoms with E-state index in [4.69, 9.17) is 4.74 Å². The van der Waals surface area contributed by atoms with Gasteiger partial charge in [0, 0.05) is 12.1 Å². The van der Waals surface area contributed by atoms with Crippen LogP contribution in [0.25, 0.3) is 5.69 Å². The molecule has 0 bridgehead atoms. The first-order valence-electron chi connectivity index (χ1n) is 7.96. The first kappa shape index (κ1) is 15.9. The van der Waals surface area contributed by atoms with Gasteiger partial charge in [-0.2, -0.15) is 4.68 Å². The topological polar surface area (TPSA) is 76.3 Å². The van der Waals surface area contributed by atoms with E-state index < -0.39 is 0 Å². The summed E-state index contributed by atoms with van der Waals surface area (Å²) in [4.78, 5) is 2.31. The van der Waals surface area contributed by atoms with E-state index in [1.165, 1.54) is 0 Å². The molecule has 1 aliphatic rings. The zero-order valence-electron chi connectivity index (χ0n) is 13.8. The zero-order valence-corrected chi connectivity index (χ0v) is 13.8. The van der Waals surface area contributed by atoms with Crippen molar-refractivity contribution in [1.29, 1.82) is 0 Å². The zero-order chi connectivity index (χ0) is 16.4. The molecule has 0 amide bonds. The molecule has 23 heavy (non-hydrogen) atoms. The minimum atomic E-state index is 0.115. The predicted molar refractivity (Wildman–Crippen MR) is 85.5 cm³/mol. The van der Waals surface area contributed by atoms with Gasteiger partial charge in [0.15, 0.2) is 5.82 Å². The average molecular weight is 317 g/mol. The molecule has 0 saturated carbocycles. The average Bonchev–Trinajstić information content (AvgIpc) is 3.20. The van der Waals surface area contributed by atoms with Crippen LogP contribution >= 0.6 is 0 Å². The van der Waals surface area contributed by atoms with Gasteiger partial charge in [0.25, 0.3) is 0 Å². The van der Waals surface area contributed by atoms with E-state index in [-0.39, 0.29) is 18.7 Å². The number of nitrogens with zero attached hydrogens (tertiary/aromatic N) is 5. The van der Waals surface area contributed by atoms with Crippen molar-refractivity contribution < 1.29 is 9.84 Å². The van der Waals surface area contributed by atoms with Crippen molar-refractivity contribution in [3.8, 4) is 11.4 Å². The van der Waals surface area contributed by atoms with Crippen LogP contribution in [0.2, 0.25) is 0 Å². The molecule has 0 aliphatic carbocycles. The number of ether oxygens (including phenoxy) is 1. The Morgan fingerprint density at radius 3 is 2.61 bits per heavy atom. The molecule has 0 unspecified atom stereocenters. The van der Waals surface area contributed by atoms with Crippen LogP contribution in [0.5, 0.6) is 5.75 Å². The Bertz CT molecular complexity index is 640. The second-order valence-electron chi connectivity index (χ2n) is 6.12. The second kappa shape index (κ2) is 6.64. The summed E-state index contributed by atoms with van der Waals surface area (Å²) in [6.45, 7) is 4.45. The number of likely N-dealkylation sites (tertiary alicyclic amines) is 1. The fraction of sp³-hybridized carbons (Fsp3) is 0.562. The minimum absolute atomic E-state index is 0.115. The lowest BCUT2D eigenvalue weighted by molar-refractivity contribution is 0.0953. The van der Waals surface area contributed by atoms with E-state index in [9.17, 15) is 5.11 Å². The van der Waals surface area contributed by atoms with Gasteiger partial charge in [-0.05, 0) is 61.4 Å². The van der Waals surface area contributed by atoms with Gasteiger partial charge in [-0.1, -0.05) is 0 Å². The highest BCUT2D eigenvalue weighted by Crippen LogP contribution is 2.37. The number of aromatic nitrogens is 4. The van der Waals surface area contributed by atoms with Gasteiger partial charge in [0.1, 0.15) is 5.75 Å². The fourth-order valence-electron chi connectivity index (χ4n) is 3.44. The first-order valence-corrected chi connectivity index (χ1v) is 7.96. The summed E-state index contributed by atoms with van der Waals surface area (Å²) in [5, 5.41) is 21.9. The number of aliphatic hydroxyl groups excluding tert-OH is 1. The van der Waals surface area contributed by atoms with Crippen molar-refractivity contribution in [2.75, 3.05) is 13.7 Å². The molecule has 124 valence electrons. The number of hydrogen-bond donors (Lipinski definition) is 1. The van der Waals surface area contributed by atoms with E-state index in [1.54, 1.807) is 11.8 Å². The van der Waals surface area contributed by atoms with Gasteiger partial charge < -0.3 is 9.84 Å². The fourth-order valence-corrected chi connectivity index (χ4v) is 3.44. The highest BCUT2D eigenvalue weighted by Gasteiger charge is 2.38. The Morgan fingerprint density at radius 1 is 1.26 bits per heavy atom. The van der Waals surface area contributed by atoms with Crippen molar-refractivity contribution in [3.63, 3.8) is 0 Å². The summed E-state index contributed by atoms with van der Waals surface area (Å²) in [7, 11) is 1.64. The van der Waals surface area contributed by atoms with Crippen molar-refractivity contribution >= 4 is 0 Å². The Morgan fingerprint density at radius 2 is 2.00 bits per heavy atom. The molecule has 1 N–H and O–H groups in total. The van der Waals surface area contributed by atoms with E-state index in [0.717, 1.165) is 30.1 Å². The van der Waals surface area contributed by atoms with Crippen LogP contribution in [0.4, 0.5) is 0 Å². The minimum Gasteiger partial charge on any atom is -0.497 e. The van der Waals surface area contributed by atoms with Crippen LogP contribution in [0, 0.1) is 0 Å². The lowest BCUT2D eigenvalue weighted by Crippen LogP contribution is -2.40. The molecular formula is C16H23N5O2. The maximum Gasteiger partial charge on any atom is 0.173 e. The van der Waals surface area contributed by atoms with E-state index in [2.05, 4.69) is 34.3 Å². The van der Waals surface area contributed by atoms with Crippen molar-refractivity contribution in [2.45, 2.75) is 44.8 Å². The normalized spacial score (nSPS) is 22.0. The molecule has 1 aromatic heterocycles. The molecular weight excluding hydrogens is 294 g/mol. The predicted octanol–water partition coefficient (Wildman–Crippen LogP) is 1.58. The molecule has 2 heterocycles. The van der Waals surface area contributed by atoms with Gasteiger partial charge in [0.05, 0.1) is 25.4 Å². The lowest BCUT2D eigenvalue weighted by atomic mass is 10.2. The second-order valence-corrected chi connectivity index (χ2v) is 6.12. The summed E-state index contributed by atoms with van der Waals surface area (Å²) in [6, 6.07) is 8.28. The largest absolute Gasteiger partial charge is 0.497 e. The molecule has 2 atom stereocenters. The third-order valence-electron chi connectivity index (χ3n) is 4.47. The maximum atomic E-state index is 9.63. The molecule has 7 nitrogen and oxygen atoms in total. The third-order valence-corrected chi connectivity index (χ3v) is 4.47. The van der Waals surface area contributed by atoms with Crippen LogP contribution < -0.4 is 4.74 Å². The summed E-state index contributed by atoms with van der Waals surface area (Å²) >= 11 is 0. The molecule has 7 heteroatoms. The molecule has 2 aromatic rings. The third kappa shape index (κ3) is 2.94. The first-order chi connectivity index (χ1) is 11.2. The molecule has 0 spiro atoms. The van der Waals surface area contributed by atoms with E-state index in [1.807, 2.05) is 24.3 Å². The molecule has 0 radical (unpaired) electrons. The van der Waals surface area contributed by atoms with Crippen LogP contribution in [-0.4, -0.2) is 56.0 Å². The SMILES string of the molecule is COc1ccc(-n2nnnc2[C@@H]2CC[C@@H](CO)N2C(C)C)cc1. The van der Waals surface area contributed by atoms with Crippen LogP contribution in [0.1, 0.15) is 38.6 Å². The van der Waals surface area contributed by atoms with Crippen molar-refractivity contribution in [3.05, 3.63) is 30.1 Å². The standard InChI is InChI=1S/C16H23N5O2/c1-11(2)20-13(10-22)6-9-15(20)16-17-18-19-21(16)12-4-7-14(23-3)8-5-12/h4-5,7-8,11,13,15,22H,6,9-10H2,1-3H3/t13-,15-/m0/s1. The summed E-state index contributed by atoms with van der Waals surface area (Å²) in [5.74, 6) is 1.62. The summed E-state index contributed by atoms with van der Waals surface area (Å²) in [5.41, 5.74) is 0.905. The van der Waals surface area contributed by atoms with Crippen LogP contribution in [0.3, 0.4) is 0 Å². The Hall–Kier alpha value is -1.99. The van der Waals surface area contributed by atoms with Crippen LogP contribution in [0.15, 0.2) is 24.3 Å². The number of aliphatic hydroxyl groups is 1. The van der Waals surface area contributed by atoms with Gasteiger partial charge in [-0.15, -0.1) is 5.10 Å². The van der Waals surface area contributed by atoms with E-state index in [0.29, 0.717) is 6.04 Å². The summed E-state index contributed by atoms with van der Waals surface area (Å²) in [6.07, 6.45) is 1.90. The number of rotatable bonds is 5. The molecule has 1 fully saturated rings. The Kier molecular flexibility index (Phi) is 4.58. The number of hydrogen-bond acceptors (Lipinski definition) is 6. The summed E-state index contributed by atoms with van der Waals surface area (Å²) < 4.78 is 6.97. The van der Waals surface area contributed by atoms with Crippen LogP contribution in [-0.2, 0) is 0 Å². The number of benzene rings is 1. The van der Waals surface area contributed by atoms with Crippen molar-refractivity contribution in [2.24, 2.45) is 0 Å². The highest BCUT2D eigenvalue weighted by molar-refractivity contribution is 5.37. The van der Waals surface area contributed by atoms with Crippen molar-refractivity contribution in [1.82, 2.24) is 25.1 Å². The number of methoxy groups -OCH3 is 1. The van der Waals surface area contributed by atoms with E-state index >= 15 is 0 Å². The molecule has 1 aliphatic heterocycles. The smallest absolute Gasteiger partial charge is 0.173 e. The maximum absolute atomic E-state index is 9.63. The molecule has 3 rings (SSSR count). The Labute approximate surface area is 135 Å². The van der Waals surface area contributed by atoms with Gasteiger partial charge >= 0.3 is 0 Å². The molecule has 1 aromatic carbocycles. The van der Waals surface area contributed by atoms with Gasteiger partial charge in [0.2, 0.25) is 0 Å². The molecule has 1 saturated heterocycles.